The van der Waals surface area contributed by atoms with Crippen molar-refractivity contribution in [3.8, 4) is 0 Å². The molecule has 0 aromatic heterocycles. The minimum absolute atomic E-state index is 0.145. The zero-order valence-electron chi connectivity index (χ0n) is 6.13. The molecule has 0 amide bonds. The number of hydrogen-bond acceptors (Lipinski definition) is 2. The number of carbonyl (C=O) groups is 1. The van der Waals surface area contributed by atoms with E-state index in [1.165, 1.54) is 0 Å². The molecule has 1 aliphatic rings. The summed E-state index contributed by atoms with van der Waals surface area (Å²) in [4.78, 5) is 10.5. The molecule has 1 aliphatic heterocycles. The second-order valence-electron chi connectivity index (χ2n) is 2.83. The van der Waals surface area contributed by atoms with E-state index in [1.54, 1.807) is 0 Å². The molecule has 0 radical (unpaired) electrons. The monoisotopic (exact) mass is 143 g/mol. The van der Waals surface area contributed by atoms with Crippen molar-refractivity contribution >= 4 is 5.97 Å². The summed E-state index contributed by atoms with van der Waals surface area (Å²) >= 11 is 0. The van der Waals surface area contributed by atoms with Gasteiger partial charge in [0.15, 0.2) is 0 Å². The Balaban J connectivity index is 2.47. The van der Waals surface area contributed by atoms with E-state index < -0.39 is 5.97 Å². The summed E-state index contributed by atoms with van der Waals surface area (Å²) in [6.07, 6.45) is 1.81. The Labute approximate surface area is 60.4 Å². The maximum Gasteiger partial charge on any atom is 0.308 e. The normalized spacial score (nSPS) is 33.7. The van der Waals surface area contributed by atoms with E-state index >= 15 is 0 Å². The van der Waals surface area contributed by atoms with E-state index in [2.05, 4.69) is 5.32 Å². The molecule has 0 aromatic rings. The number of aliphatic carboxylic acids is 1. The van der Waals surface area contributed by atoms with Gasteiger partial charge < -0.3 is 10.4 Å². The number of rotatable bonds is 1. The van der Waals surface area contributed by atoms with Gasteiger partial charge in [0.05, 0.1) is 5.92 Å². The van der Waals surface area contributed by atoms with Crippen LogP contribution in [0.15, 0.2) is 0 Å². The third kappa shape index (κ3) is 1.48. The summed E-state index contributed by atoms with van der Waals surface area (Å²) in [6.45, 7) is 2.89. The average Bonchev–Trinajstić information content (AvgIpc) is 1.88. The molecule has 3 heteroatoms. The van der Waals surface area contributed by atoms with Gasteiger partial charge >= 0.3 is 5.97 Å². The van der Waals surface area contributed by atoms with Crippen molar-refractivity contribution in [2.45, 2.75) is 25.8 Å². The van der Waals surface area contributed by atoms with E-state index in [0.29, 0.717) is 0 Å². The van der Waals surface area contributed by atoms with Gasteiger partial charge in [0.2, 0.25) is 0 Å². The fourth-order valence-corrected chi connectivity index (χ4v) is 1.38. The molecule has 0 aromatic carbocycles. The second kappa shape index (κ2) is 3.01. The highest BCUT2D eigenvalue weighted by molar-refractivity contribution is 5.70. The van der Waals surface area contributed by atoms with E-state index in [1.807, 2.05) is 6.92 Å². The van der Waals surface area contributed by atoms with E-state index in [0.717, 1.165) is 19.4 Å². The molecule has 1 fully saturated rings. The van der Waals surface area contributed by atoms with Crippen LogP contribution < -0.4 is 5.32 Å². The Kier molecular flexibility index (Phi) is 2.27. The summed E-state index contributed by atoms with van der Waals surface area (Å²) in [6, 6.07) is 0.145. The summed E-state index contributed by atoms with van der Waals surface area (Å²) in [5, 5.41) is 11.8. The Hall–Kier alpha value is -0.570. The number of hydrogen-bond donors (Lipinski definition) is 2. The highest BCUT2D eigenvalue weighted by Crippen LogP contribution is 2.15. The maximum atomic E-state index is 10.5. The molecule has 2 N–H and O–H groups in total. The third-order valence-electron chi connectivity index (χ3n) is 2.08. The van der Waals surface area contributed by atoms with Gasteiger partial charge in [-0.15, -0.1) is 0 Å². The average molecular weight is 143 g/mol. The van der Waals surface area contributed by atoms with Crippen molar-refractivity contribution in [1.29, 1.82) is 0 Å². The van der Waals surface area contributed by atoms with Gasteiger partial charge in [-0.1, -0.05) is 0 Å². The number of carboxylic acids is 1. The van der Waals surface area contributed by atoms with Gasteiger partial charge in [0, 0.05) is 6.04 Å². The molecule has 10 heavy (non-hydrogen) atoms. The van der Waals surface area contributed by atoms with Crippen LogP contribution in [0.2, 0.25) is 0 Å². The van der Waals surface area contributed by atoms with Gasteiger partial charge in [-0.05, 0) is 26.3 Å². The Morgan fingerprint density at radius 3 is 2.80 bits per heavy atom. The maximum absolute atomic E-state index is 10.5. The Morgan fingerprint density at radius 1 is 1.70 bits per heavy atom. The van der Waals surface area contributed by atoms with Gasteiger partial charge in [-0.3, -0.25) is 4.79 Å². The quantitative estimate of drug-likeness (QED) is 0.560. The lowest BCUT2D eigenvalue weighted by atomic mass is 9.92. The number of nitrogens with one attached hydrogen (secondary N) is 1. The summed E-state index contributed by atoms with van der Waals surface area (Å²) in [7, 11) is 0. The zero-order chi connectivity index (χ0) is 7.56. The van der Waals surface area contributed by atoms with Gasteiger partial charge in [-0.2, -0.15) is 0 Å². The van der Waals surface area contributed by atoms with E-state index in [4.69, 9.17) is 5.11 Å². The molecule has 0 unspecified atom stereocenters. The molecular formula is C7H13NO2. The molecule has 0 saturated carbocycles. The first-order chi connectivity index (χ1) is 4.72. The smallest absolute Gasteiger partial charge is 0.308 e. The van der Waals surface area contributed by atoms with Crippen molar-refractivity contribution in [3.63, 3.8) is 0 Å². The fraction of sp³-hybridized carbons (Fsp3) is 0.857. The lowest BCUT2D eigenvalue weighted by Gasteiger charge is -2.26. The molecule has 0 aliphatic carbocycles. The first-order valence-electron chi connectivity index (χ1n) is 3.68. The van der Waals surface area contributed by atoms with Crippen molar-refractivity contribution in [1.82, 2.24) is 5.32 Å². The van der Waals surface area contributed by atoms with Gasteiger partial charge in [0.1, 0.15) is 0 Å². The van der Waals surface area contributed by atoms with Crippen LogP contribution in [0.4, 0.5) is 0 Å². The van der Waals surface area contributed by atoms with Crippen molar-refractivity contribution in [3.05, 3.63) is 0 Å². The molecule has 1 heterocycles. The van der Waals surface area contributed by atoms with Crippen LogP contribution in [-0.2, 0) is 4.79 Å². The van der Waals surface area contributed by atoms with Crippen molar-refractivity contribution in [2.24, 2.45) is 5.92 Å². The van der Waals surface area contributed by atoms with E-state index in [9.17, 15) is 4.79 Å². The standard InChI is InChI=1S/C7H13NO2/c1-5-6(7(9)10)3-2-4-8-5/h5-6,8H,2-4H2,1H3,(H,9,10)/t5-,6-/m1/s1. The molecule has 1 saturated heterocycles. The fourth-order valence-electron chi connectivity index (χ4n) is 1.38. The molecule has 2 atom stereocenters. The molecule has 58 valence electrons. The molecule has 1 rings (SSSR count). The minimum atomic E-state index is -0.667. The lowest BCUT2D eigenvalue weighted by molar-refractivity contribution is -0.143. The molecule has 3 nitrogen and oxygen atoms in total. The van der Waals surface area contributed by atoms with Crippen molar-refractivity contribution < 1.29 is 9.90 Å². The van der Waals surface area contributed by atoms with Crippen LogP contribution >= 0.6 is 0 Å². The summed E-state index contributed by atoms with van der Waals surface area (Å²) in [5.74, 6) is -0.839. The predicted octanol–water partition coefficient (Wildman–Crippen LogP) is 0.459. The second-order valence-corrected chi connectivity index (χ2v) is 2.83. The SMILES string of the molecule is C[C@H]1NCCC[C@H]1C(=O)O. The molecular weight excluding hydrogens is 130 g/mol. The van der Waals surface area contributed by atoms with Gasteiger partial charge in [-0.25, -0.2) is 0 Å². The predicted molar refractivity (Wildman–Crippen MR) is 37.8 cm³/mol. The molecule has 0 bridgehead atoms. The lowest BCUT2D eigenvalue weighted by Crippen LogP contribution is -2.42. The Bertz CT molecular complexity index is 136. The van der Waals surface area contributed by atoms with Gasteiger partial charge in [0.25, 0.3) is 0 Å². The topological polar surface area (TPSA) is 49.3 Å². The summed E-state index contributed by atoms with van der Waals surface area (Å²) < 4.78 is 0. The van der Waals surface area contributed by atoms with Crippen LogP contribution in [0, 0.1) is 5.92 Å². The van der Waals surface area contributed by atoms with Crippen LogP contribution in [0.1, 0.15) is 19.8 Å². The first-order valence-corrected chi connectivity index (χ1v) is 3.68. The van der Waals surface area contributed by atoms with Crippen LogP contribution in [-0.4, -0.2) is 23.7 Å². The van der Waals surface area contributed by atoms with E-state index in [-0.39, 0.29) is 12.0 Å². The Morgan fingerprint density at radius 2 is 2.40 bits per heavy atom. The van der Waals surface area contributed by atoms with Crippen molar-refractivity contribution in [2.75, 3.05) is 6.54 Å². The van der Waals surface area contributed by atoms with Crippen LogP contribution in [0.5, 0.6) is 0 Å². The number of carboxylic acid groups (broad SMARTS) is 1. The third-order valence-corrected chi connectivity index (χ3v) is 2.08. The van der Waals surface area contributed by atoms with Crippen LogP contribution in [0.25, 0.3) is 0 Å². The zero-order valence-corrected chi connectivity index (χ0v) is 6.13. The highest BCUT2D eigenvalue weighted by Gasteiger charge is 2.26. The largest absolute Gasteiger partial charge is 0.481 e. The minimum Gasteiger partial charge on any atom is -0.481 e. The number of piperidine rings is 1. The van der Waals surface area contributed by atoms with Crippen LogP contribution in [0.3, 0.4) is 0 Å². The first kappa shape index (κ1) is 7.54. The highest BCUT2D eigenvalue weighted by atomic mass is 16.4. The summed E-state index contributed by atoms with van der Waals surface area (Å²) in [5.41, 5.74) is 0. The molecule has 0 spiro atoms.